The maximum atomic E-state index is 5.80. The van der Waals surface area contributed by atoms with Gasteiger partial charge in [0.1, 0.15) is 5.75 Å². The van der Waals surface area contributed by atoms with Crippen molar-refractivity contribution in [3.05, 3.63) is 58.8 Å². The zero-order chi connectivity index (χ0) is 20.0. The number of benzene rings is 1. The van der Waals surface area contributed by atoms with Crippen molar-refractivity contribution in [1.29, 1.82) is 0 Å². The molecule has 0 spiro atoms. The van der Waals surface area contributed by atoms with Crippen LogP contribution in [0.1, 0.15) is 50.1 Å². The van der Waals surface area contributed by atoms with Crippen molar-refractivity contribution in [3.8, 4) is 17.0 Å². The molecular formula is C24H34N2O. The molecule has 0 radical (unpaired) electrons. The topological polar surface area (TPSA) is 25.4 Å². The Morgan fingerprint density at radius 2 is 1.78 bits per heavy atom. The fraction of sp³-hybridized carbons (Fsp3) is 0.458. The molecule has 0 N–H and O–H groups in total. The van der Waals surface area contributed by atoms with Crippen LogP contribution in [0.4, 0.5) is 0 Å². The Morgan fingerprint density at radius 3 is 2.26 bits per heavy atom. The lowest BCUT2D eigenvalue weighted by Crippen LogP contribution is -2.25. The smallest absolute Gasteiger partial charge is 0.127 e. The third kappa shape index (κ3) is 4.98. The van der Waals surface area contributed by atoms with Crippen LogP contribution in [0.2, 0.25) is 0 Å². The van der Waals surface area contributed by atoms with Crippen molar-refractivity contribution in [2.75, 3.05) is 20.2 Å². The molecule has 1 heterocycles. The summed E-state index contributed by atoms with van der Waals surface area (Å²) in [4.78, 5) is 7.37. The van der Waals surface area contributed by atoms with Gasteiger partial charge in [-0.15, -0.1) is 0 Å². The number of ether oxygens (including phenoxy) is 1. The minimum Gasteiger partial charge on any atom is -0.496 e. The average molecular weight is 367 g/mol. The molecule has 0 saturated carbocycles. The van der Waals surface area contributed by atoms with Crippen LogP contribution in [0.15, 0.2) is 36.4 Å². The number of pyridine rings is 1. The van der Waals surface area contributed by atoms with Crippen molar-refractivity contribution < 1.29 is 4.74 Å². The van der Waals surface area contributed by atoms with Crippen LogP contribution in [0.3, 0.4) is 0 Å². The normalized spacial score (nSPS) is 11.1. The van der Waals surface area contributed by atoms with Gasteiger partial charge in [-0.3, -0.25) is 9.88 Å². The Balaban J connectivity index is 2.52. The van der Waals surface area contributed by atoms with Gasteiger partial charge in [-0.2, -0.15) is 0 Å². The van der Waals surface area contributed by atoms with Crippen molar-refractivity contribution in [1.82, 2.24) is 9.88 Å². The molecule has 1 aromatic heterocycles. The summed E-state index contributed by atoms with van der Waals surface area (Å²) in [6.45, 7) is 17.5. The molecular weight excluding hydrogens is 332 g/mol. The molecule has 0 saturated heterocycles. The number of aryl methyl sites for hydroxylation is 3. The zero-order valence-electron chi connectivity index (χ0n) is 17.9. The SMILES string of the molecule is C=C(C)CN(CC)Cc1c(OC)cc(-c2c(CC)cccc2CC)nc1C. The van der Waals surface area contributed by atoms with Crippen molar-refractivity contribution in [3.63, 3.8) is 0 Å². The third-order valence-corrected chi connectivity index (χ3v) is 5.09. The molecule has 0 atom stereocenters. The van der Waals surface area contributed by atoms with E-state index >= 15 is 0 Å². The van der Waals surface area contributed by atoms with E-state index in [2.05, 4.69) is 70.4 Å². The number of hydrogen-bond acceptors (Lipinski definition) is 3. The molecule has 3 nitrogen and oxygen atoms in total. The second kappa shape index (κ2) is 9.70. The molecule has 0 bridgehead atoms. The summed E-state index contributed by atoms with van der Waals surface area (Å²) < 4.78 is 5.80. The standard InChI is InChI=1S/C24H34N2O/c1-8-19-12-11-13-20(9-2)24(19)22-14-23(27-7)21(18(6)25-22)16-26(10-3)15-17(4)5/h11-14H,4,8-10,15-16H2,1-3,5-7H3. The van der Waals surface area contributed by atoms with E-state index in [1.54, 1.807) is 7.11 Å². The Labute approximate surface area is 165 Å². The first kappa shape index (κ1) is 21.2. The molecule has 27 heavy (non-hydrogen) atoms. The summed E-state index contributed by atoms with van der Waals surface area (Å²) in [5.74, 6) is 0.922. The Hall–Kier alpha value is -2.13. The van der Waals surface area contributed by atoms with E-state index < -0.39 is 0 Å². The summed E-state index contributed by atoms with van der Waals surface area (Å²) in [6, 6.07) is 8.68. The van der Waals surface area contributed by atoms with Gasteiger partial charge in [-0.25, -0.2) is 0 Å². The summed E-state index contributed by atoms with van der Waals surface area (Å²) in [6.07, 6.45) is 1.99. The fourth-order valence-electron chi connectivity index (χ4n) is 3.63. The number of nitrogens with zero attached hydrogens (tertiary/aromatic N) is 2. The Kier molecular flexibility index (Phi) is 7.61. The zero-order valence-corrected chi connectivity index (χ0v) is 17.9. The maximum Gasteiger partial charge on any atom is 0.127 e. The number of hydrogen-bond donors (Lipinski definition) is 0. The van der Waals surface area contributed by atoms with E-state index in [4.69, 9.17) is 9.72 Å². The molecule has 1 aromatic carbocycles. The van der Waals surface area contributed by atoms with E-state index in [-0.39, 0.29) is 0 Å². The van der Waals surface area contributed by atoms with Gasteiger partial charge in [0, 0.05) is 36.0 Å². The van der Waals surface area contributed by atoms with Gasteiger partial charge in [-0.05, 0) is 44.4 Å². The van der Waals surface area contributed by atoms with Gasteiger partial charge >= 0.3 is 0 Å². The largest absolute Gasteiger partial charge is 0.496 e. The first-order chi connectivity index (χ1) is 12.9. The minimum atomic E-state index is 0.821. The van der Waals surface area contributed by atoms with E-state index in [1.807, 2.05) is 0 Å². The van der Waals surface area contributed by atoms with Crippen LogP contribution in [-0.2, 0) is 19.4 Å². The van der Waals surface area contributed by atoms with Crippen LogP contribution in [0, 0.1) is 6.92 Å². The average Bonchev–Trinajstić information content (AvgIpc) is 2.67. The number of aromatic nitrogens is 1. The number of rotatable bonds is 9. The number of methoxy groups -OCH3 is 1. The summed E-state index contributed by atoms with van der Waals surface area (Å²) in [7, 11) is 1.75. The molecule has 3 heteroatoms. The van der Waals surface area contributed by atoms with E-state index in [9.17, 15) is 0 Å². The van der Waals surface area contributed by atoms with E-state index in [0.717, 1.165) is 55.2 Å². The maximum absolute atomic E-state index is 5.80. The highest BCUT2D eigenvalue weighted by atomic mass is 16.5. The summed E-state index contributed by atoms with van der Waals surface area (Å²) >= 11 is 0. The van der Waals surface area contributed by atoms with Gasteiger partial charge in [0.05, 0.1) is 12.8 Å². The molecule has 2 rings (SSSR count). The van der Waals surface area contributed by atoms with Gasteiger partial charge in [0.25, 0.3) is 0 Å². The van der Waals surface area contributed by atoms with Crippen LogP contribution >= 0.6 is 0 Å². The predicted molar refractivity (Wildman–Crippen MR) is 115 cm³/mol. The Bertz CT molecular complexity index is 773. The molecule has 0 aliphatic heterocycles. The first-order valence-electron chi connectivity index (χ1n) is 9.97. The minimum absolute atomic E-state index is 0.821. The molecule has 0 aliphatic rings. The van der Waals surface area contributed by atoms with Crippen LogP contribution in [0.25, 0.3) is 11.3 Å². The van der Waals surface area contributed by atoms with Crippen LogP contribution in [-0.4, -0.2) is 30.1 Å². The third-order valence-electron chi connectivity index (χ3n) is 5.09. The monoisotopic (exact) mass is 366 g/mol. The van der Waals surface area contributed by atoms with E-state index in [1.165, 1.54) is 22.3 Å². The molecule has 0 fully saturated rings. The molecule has 0 aliphatic carbocycles. The second-order valence-corrected chi connectivity index (χ2v) is 7.19. The first-order valence-corrected chi connectivity index (χ1v) is 9.97. The van der Waals surface area contributed by atoms with E-state index in [0.29, 0.717) is 0 Å². The summed E-state index contributed by atoms with van der Waals surface area (Å²) in [5, 5.41) is 0. The lowest BCUT2D eigenvalue weighted by molar-refractivity contribution is 0.296. The van der Waals surface area contributed by atoms with Gasteiger partial charge < -0.3 is 4.74 Å². The summed E-state index contributed by atoms with van der Waals surface area (Å²) in [5.41, 5.74) is 8.34. The Morgan fingerprint density at radius 1 is 1.15 bits per heavy atom. The number of likely N-dealkylation sites (N-methyl/N-ethyl adjacent to an activating group) is 1. The highest BCUT2D eigenvalue weighted by Gasteiger charge is 2.17. The predicted octanol–water partition coefficient (Wildman–Crippen LogP) is 5.59. The van der Waals surface area contributed by atoms with Gasteiger partial charge in [-0.1, -0.05) is 51.1 Å². The highest BCUT2D eigenvalue weighted by Crippen LogP contribution is 2.33. The quantitative estimate of drug-likeness (QED) is 0.541. The van der Waals surface area contributed by atoms with Crippen molar-refractivity contribution in [2.45, 2.75) is 54.0 Å². The van der Waals surface area contributed by atoms with Crippen LogP contribution < -0.4 is 4.74 Å². The van der Waals surface area contributed by atoms with Gasteiger partial charge in [0.15, 0.2) is 0 Å². The highest BCUT2D eigenvalue weighted by molar-refractivity contribution is 5.70. The van der Waals surface area contributed by atoms with Gasteiger partial charge in [0.2, 0.25) is 0 Å². The lowest BCUT2D eigenvalue weighted by atomic mass is 9.94. The molecule has 0 amide bonds. The van der Waals surface area contributed by atoms with Crippen molar-refractivity contribution in [2.24, 2.45) is 0 Å². The van der Waals surface area contributed by atoms with Crippen LogP contribution in [0.5, 0.6) is 5.75 Å². The lowest BCUT2D eigenvalue weighted by Gasteiger charge is -2.23. The molecule has 2 aromatic rings. The molecule has 0 unspecified atom stereocenters. The second-order valence-electron chi connectivity index (χ2n) is 7.19. The molecule has 146 valence electrons. The fourth-order valence-corrected chi connectivity index (χ4v) is 3.63. The van der Waals surface area contributed by atoms with Crippen molar-refractivity contribution >= 4 is 0 Å².